The fourth-order valence-electron chi connectivity index (χ4n) is 2.07. The summed E-state index contributed by atoms with van der Waals surface area (Å²) in [6.45, 7) is 2.39. The Kier molecular flexibility index (Phi) is 3.81. The second-order valence-corrected chi connectivity index (χ2v) is 4.54. The average molecular weight is 252 g/mol. The quantitative estimate of drug-likeness (QED) is 0.863. The first-order chi connectivity index (χ1) is 8.60. The number of amides is 1. The first kappa shape index (κ1) is 12.8. The summed E-state index contributed by atoms with van der Waals surface area (Å²) in [4.78, 5) is 11.3. The summed E-state index contributed by atoms with van der Waals surface area (Å²) in [5.74, 6) is -0.321. The van der Waals surface area contributed by atoms with Crippen molar-refractivity contribution in [3.63, 3.8) is 0 Å². The summed E-state index contributed by atoms with van der Waals surface area (Å²) >= 11 is 0. The molecule has 1 aromatic carbocycles. The third-order valence-electron chi connectivity index (χ3n) is 2.91. The maximum atomic E-state index is 13.9. The van der Waals surface area contributed by atoms with Gasteiger partial charge in [0.15, 0.2) is 0 Å². The molecule has 1 heterocycles. The maximum Gasteiger partial charge on any atom is 0.224 e. The van der Waals surface area contributed by atoms with Crippen molar-refractivity contribution in [3.8, 4) is 0 Å². The molecule has 1 amide bonds. The number of hydrogen-bond donors (Lipinski definition) is 2. The molecule has 2 rings (SSSR count). The number of halogens is 1. The van der Waals surface area contributed by atoms with Crippen LogP contribution in [-0.2, 0) is 16.0 Å². The minimum Gasteiger partial charge on any atom is -0.383 e. The normalized spacial score (nSPS) is 15.8. The molecule has 0 fully saturated rings. The fourth-order valence-corrected chi connectivity index (χ4v) is 2.07. The van der Waals surface area contributed by atoms with Crippen LogP contribution in [0.2, 0.25) is 0 Å². The van der Waals surface area contributed by atoms with Gasteiger partial charge in [-0.2, -0.15) is 0 Å². The molecule has 0 saturated carbocycles. The minimum atomic E-state index is -0.298. The molecule has 2 N–H and O–H groups in total. The third-order valence-corrected chi connectivity index (χ3v) is 2.91. The van der Waals surface area contributed by atoms with Crippen LogP contribution in [-0.4, -0.2) is 25.7 Å². The van der Waals surface area contributed by atoms with Crippen LogP contribution in [0.4, 0.5) is 15.8 Å². The number of nitrogens with one attached hydrogen (secondary N) is 2. The second kappa shape index (κ2) is 5.35. The molecule has 0 bridgehead atoms. The highest BCUT2D eigenvalue weighted by Gasteiger charge is 2.18. The fraction of sp³-hybridized carbons (Fsp3) is 0.462. The van der Waals surface area contributed by atoms with E-state index >= 15 is 0 Å². The Morgan fingerprint density at radius 2 is 2.28 bits per heavy atom. The van der Waals surface area contributed by atoms with E-state index in [1.54, 1.807) is 13.2 Å². The monoisotopic (exact) mass is 252 g/mol. The molecule has 1 atom stereocenters. The lowest BCUT2D eigenvalue weighted by Crippen LogP contribution is -2.23. The molecule has 18 heavy (non-hydrogen) atoms. The van der Waals surface area contributed by atoms with Gasteiger partial charge >= 0.3 is 0 Å². The van der Waals surface area contributed by atoms with Crippen molar-refractivity contribution >= 4 is 17.3 Å². The molecule has 0 radical (unpaired) electrons. The summed E-state index contributed by atoms with van der Waals surface area (Å²) in [7, 11) is 1.60. The van der Waals surface area contributed by atoms with Crippen LogP contribution >= 0.6 is 0 Å². The lowest BCUT2D eigenvalue weighted by molar-refractivity contribution is -0.116. The first-order valence-corrected chi connectivity index (χ1v) is 5.98. The Hall–Kier alpha value is -1.62. The molecule has 0 saturated heterocycles. The highest BCUT2D eigenvalue weighted by Crippen LogP contribution is 2.28. The van der Waals surface area contributed by atoms with Gasteiger partial charge in [-0.3, -0.25) is 4.79 Å². The van der Waals surface area contributed by atoms with Gasteiger partial charge in [0.1, 0.15) is 5.82 Å². The molecule has 0 aliphatic carbocycles. The Morgan fingerprint density at radius 3 is 3.00 bits per heavy atom. The first-order valence-electron chi connectivity index (χ1n) is 5.98. The number of ether oxygens (including phenoxy) is 1. The predicted octanol–water partition coefficient (Wildman–Crippen LogP) is 2.16. The summed E-state index contributed by atoms with van der Waals surface area (Å²) in [6, 6.07) is 3.13. The third kappa shape index (κ3) is 2.79. The number of fused-ring (bicyclic) bond motifs is 1. The van der Waals surface area contributed by atoms with Crippen molar-refractivity contribution in [1.82, 2.24) is 0 Å². The van der Waals surface area contributed by atoms with Crippen LogP contribution < -0.4 is 10.6 Å². The number of carbonyl (C=O) groups excluding carboxylic acids is 1. The zero-order valence-electron chi connectivity index (χ0n) is 10.5. The molecule has 1 aliphatic heterocycles. The van der Waals surface area contributed by atoms with Gasteiger partial charge in [-0.1, -0.05) is 0 Å². The van der Waals surface area contributed by atoms with Crippen LogP contribution in [0.5, 0.6) is 0 Å². The average Bonchev–Trinajstić information content (AvgIpc) is 2.31. The van der Waals surface area contributed by atoms with Crippen molar-refractivity contribution in [2.45, 2.75) is 25.8 Å². The number of hydrogen-bond acceptors (Lipinski definition) is 3. The van der Waals surface area contributed by atoms with Gasteiger partial charge < -0.3 is 15.4 Å². The molecular formula is C13H17FN2O2. The summed E-state index contributed by atoms with van der Waals surface area (Å²) < 4.78 is 18.9. The minimum absolute atomic E-state index is 0.00171. The molecule has 0 aromatic heterocycles. The van der Waals surface area contributed by atoms with Crippen molar-refractivity contribution in [1.29, 1.82) is 0 Å². The largest absolute Gasteiger partial charge is 0.383 e. The number of rotatable bonds is 4. The second-order valence-electron chi connectivity index (χ2n) is 4.54. The number of methoxy groups -OCH3 is 1. The van der Waals surface area contributed by atoms with E-state index in [0.717, 1.165) is 5.56 Å². The zero-order chi connectivity index (χ0) is 13.1. The lowest BCUT2D eigenvalue weighted by Gasteiger charge is -2.20. The van der Waals surface area contributed by atoms with E-state index in [4.69, 9.17) is 4.74 Å². The van der Waals surface area contributed by atoms with Gasteiger partial charge in [0.05, 0.1) is 12.3 Å². The highest BCUT2D eigenvalue weighted by atomic mass is 19.1. The van der Waals surface area contributed by atoms with Crippen molar-refractivity contribution < 1.29 is 13.9 Å². The van der Waals surface area contributed by atoms with E-state index in [2.05, 4.69) is 10.6 Å². The van der Waals surface area contributed by atoms with E-state index in [1.165, 1.54) is 6.07 Å². The number of benzene rings is 1. The van der Waals surface area contributed by atoms with Gasteiger partial charge in [-0.25, -0.2) is 4.39 Å². The molecule has 1 aromatic rings. The smallest absolute Gasteiger partial charge is 0.224 e. The molecule has 5 heteroatoms. The van der Waals surface area contributed by atoms with Crippen LogP contribution in [0.1, 0.15) is 18.9 Å². The SMILES string of the molecule is COCC(C)Nc1cc2c(cc1F)CCC(=O)N2. The Balaban J connectivity index is 2.21. The molecule has 0 spiro atoms. The van der Waals surface area contributed by atoms with Gasteiger partial charge in [0, 0.05) is 25.3 Å². The number of anilines is 2. The molecular weight excluding hydrogens is 235 g/mol. The zero-order valence-corrected chi connectivity index (χ0v) is 10.5. The Bertz CT molecular complexity index is 463. The number of carbonyl (C=O) groups is 1. The van der Waals surface area contributed by atoms with Crippen molar-refractivity contribution in [2.24, 2.45) is 0 Å². The molecule has 98 valence electrons. The Labute approximate surface area is 106 Å². The topological polar surface area (TPSA) is 50.4 Å². The number of aryl methyl sites for hydroxylation is 1. The van der Waals surface area contributed by atoms with Crippen LogP contribution in [0.25, 0.3) is 0 Å². The van der Waals surface area contributed by atoms with E-state index in [1.807, 2.05) is 6.92 Å². The van der Waals surface area contributed by atoms with Crippen molar-refractivity contribution in [3.05, 3.63) is 23.5 Å². The predicted molar refractivity (Wildman–Crippen MR) is 68.3 cm³/mol. The summed E-state index contributed by atoms with van der Waals surface area (Å²) in [5.41, 5.74) is 1.93. The summed E-state index contributed by atoms with van der Waals surface area (Å²) in [6.07, 6.45) is 1.01. The van der Waals surface area contributed by atoms with Crippen LogP contribution in [0, 0.1) is 5.82 Å². The van der Waals surface area contributed by atoms with Gasteiger partial charge in [-0.05, 0) is 31.0 Å². The summed E-state index contributed by atoms with van der Waals surface area (Å²) in [5, 5.41) is 5.78. The standard InChI is InChI=1S/C13H17FN2O2/c1-8(7-18-2)15-12-6-11-9(5-10(12)14)3-4-13(17)16-11/h5-6,8,15H,3-4,7H2,1-2H3,(H,16,17). The van der Waals surface area contributed by atoms with E-state index in [0.29, 0.717) is 30.8 Å². The van der Waals surface area contributed by atoms with Gasteiger partial charge in [0.2, 0.25) is 5.91 Å². The van der Waals surface area contributed by atoms with Gasteiger partial charge in [-0.15, -0.1) is 0 Å². The van der Waals surface area contributed by atoms with E-state index < -0.39 is 0 Å². The van der Waals surface area contributed by atoms with E-state index in [-0.39, 0.29) is 17.8 Å². The lowest BCUT2D eigenvalue weighted by atomic mass is 10.0. The Morgan fingerprint density at radius 1 is 1.50 bits per heavy atom. The molecule has 4 nitrogen and oxygen atoms in total. The van der Waals surface area contributed by atoms with Gasteiger partial charge in [0.25, 0.3) is 0 Å². The molecule has 1 aliphatic rings. The van der Waals surface area contributed by atoms with E-state index in [9.17, 15) is 9.18 Å². The van der Waals surface area contributed by atoms with Crippen LogP contribution in [0.3, 0.4) is 0 Å². The van der Waals surface area contributed by atoms with Crippen molar-refractivity contribution in [2.75, 3.05) is 24.4 Å². The molecule has 1 unspecified atom stereocenters. The maximum absolute atomic E-state index is 13.9. The highest BCUT2D eigenvalue weighted by molar-refractivity contribution is 5.94. The van der Waals surface area contributed by atoms with Crippen LogP contribution in [0.15, 0.2) is 12.1 Å².